The van der Waals surface area contributed by atoms with Crippen LogP contribution in [0.5, 0.6) is 11.5 Å². The molecule has 0 bridgehead atoms. The van der Waals surface area contributed by atoms with Gasteiger partial charge in [0.2, 0.25) is 6.79 Å². The lowest BCUT2D eigenvalue weighted by molar-refractivity contribution is -0.300. The fourth-order valence-electron chi connectivity index (χ4n) is 6.05. The molecule has 7 atom stereocenters. The zero-order chi connectivity index (χ0) is 36.2. The molecular formula is C39H43NO11. The molecule has 12 nitrogen and oxygen atoms in total. The highest BCUT2D eigenvalue weighted by Crippen LogP contribution is 2.35. The van der Waals surface area contributed by atoms with Gasteiger partial charge in [-0.3, -0.25) is 14.9 Å². The highest BCUT2D eigenvalue weighted by molar-refractivity contribution is 5.85. The van der Waals surface area contributed by atoms with E-state index < -0.39 is 67.2 Å². The van der Waals surface area contributed by atoms with Gasteiger partial charge in [-0.05, 0) is 48.9 Å². The molecule has 0 saturated carbocycles. The largest absolute Gasteiger partial charge is 0.454 e. The van der Waals surface area contributed by atoms with E-state index in [1.165, 1.54) is 7.11 Å². The Morgan fingerprint density at radius 2 is 1.37 bits per heavy atom. The van der Waals surface area contributed by atoms with Gasteiger partial charge in [-0.15, -0.1) is 13.2 Å². The predicted molar refractivity (Wildman–Crippen MR) is 186 cm³/mol. The Bertz CT molecular complexity index is 1630. The lowest BCUT2D eigenvalue weighted by Crippen LogP contribution is -2.63. The van der Waals surface area contributed by atoms with Crippen LogP contribution < -0.4 is 14.8 Å². The standard InChI is InChI=1S/C39H43NO11/c1-4-12-27(20-25-14-8-6-9-15-25)36(42)49-34-33(51-39(44)40-29-18-19-30-31(22-29)47-24-46-30)32(23-41)48-38(45-3)35(34)50-37(43)28(13-5-2)21-26-16-10-7-11-17-26/h4-11,14-19,22,27-28,32-35,38,41H,1-2,12-13,20-21,23-24H2,3H3,(H,40,44)/t27-,28-,32+,33+,34-,35+,38-/m0/s1. The number of allylic oxidation sites excluding steroid dienone is 2. The Hall–Kier alpha value is -5.17. The summed E-state index contributed by atoms with van der Waals surface area (Å²) < 4.78 is 40.3. The van der Waals surface area contributed by atoms with Crippen LogP contribution in [0.25, 0.3) is 0 Å². The van der Waals surface area contributed by atoms with Crippen LogP contribution in [-0.4, -0.2) is 74.4 Å². The zero-order valence-corrected chi connectivity index (χ0v) is 28.4. The number of benzene rings is 3. The van der Waals surface area contributed by atoms with E-state index >= 15 is 0 Å². The molecule has 2 heterocycles. The minimum Gasteiger partial charge on any atom is -0.454 e. The number of hydrogen-bond acceptors (Lipinski definition) is 11. The quantitative estimate of drug-likeness (QED) is 0.113. The van der Waals surface area contributed by atoms with E-state index in [2.05, 4.69) is 18.5 Å². The van der Waals surface area contributed by atoms with E-state index in [4.69, 9.17) is 33.2 Å². The summed E-state index contributed by atoms with van der Waals surface area (Å²) in [6, 6.07) is 23.6. The third kappa shape index (κ3) is 9.75. The lowest BCUT2D eigenvalue weighted by Gasteiger charge is -2.44. The van der Waals surface area contributed by atoms with E-state index in [1.54, 1.807) is 30.4 Å². The molecule has 0 unspecified atom stereocenters. The van der Waals surface area contributed by atoms with Crippen LogP contribution in [0, 0.1) is 11.8 Å². The molecule has 2 aliphatic heterocycles. The molecule has 0 aliphatic carbocycles. The zero-order valence-electron chi connectivity index (χ0n) is 28.4. The number of esters is 2. The number of carbonyl (C=O) groups is 3. The smallest absolute Gasteiger partial charge is 0.412 e. The number of hydrogen-bond donors (Lipinski definition) is 2. The molecule has 5 rings (SSSR count). The second-order valence-corrected chi connectivity index (χ2v) is 12.1. The average molecular weight is 702 g/mol. The van der Waals surface area contributed by atoms with Gasteiger partial charge in [0, 0.05) is 18.9 Å². The summed E-state index contributed by atoms with van der Waals surface area (Å²) in [6.45, 7) is 7.01. The van der Waals surface area contributed by atoms with Gasteiger partial charge in [-0.25, -0.2) is 4.79 Å². The Morgan fingerprint density at radius 3 is 1.92 bits per heavy atom. The van der Waals surface area contributed by atoms with Crippen molar-refractivity contribution in [1.29, 1.82) is 0 Å². The van der Waals surface area contributed by atoms with Crippen molar-refractivity contribution < 1.29 is 52.6 Å². The van der Waals surface area contributed by atoms with Crippen molar-refractivity contribution >= 4 is 23.7 Å². The van der Waals surface area contributed by atoms with Gasteiger partial charge in [0.15, 0.2) is 36.1 Å². The van der Waals surface area contributed by atoms with E-state index in [1.807, 2.05) is 60.7 Å². The second-order valence-electron chi connectivity index (χ2n) is 12.1. The minimum absolute atomic E-state index is 0.0464. The van der Waals surface area contributed by atoms with Crippen molar-refractivity contribution in [2.75, 3.05) is 25.8 Å². The predicted octanol–water partition coefficient (Wildman–Crippen LogP) is 5.39. The molecule has 51 heavy (non-hydrogen) atoms. The van der Waals surface area contributed by atoms with Crippen molar-refractivity contribution in [3.63, 3.8) is 0 Å². The van der Waals surface area contributed by atoms with Crippen molar-refractivity contribution in [2.45, 2.75) is 56.4 Å². The second kappa shape index (κ2) is 18.2. The van der Waals surface area contributed by atoms with Crippen molar-refractivity contribution in [2.24, 2.45) is 11.8 Å². The molecule has 0 radical (unpaired) electrons. The van der Waals surface area contributed by atoms with E-state index in [9.17, 15) is 19.5 Å². The monoisotopic (exact) mass is 701 g/mol. The molecule has 1 amide bonds. The van der Waals surface area contributed by atoms with Crippen molar-refractivity contribution in [1.82, 2.24) is 0 Å². The number of carbonyl (C=O) groups excluding carboxylic acids is 3. The van der Waals surface area contributed by atoms with Crippen LogP contribution in [0.2, 0.25) is 0 Å². The van der Waals surface area contributed by atoms with Crippen LogP contribution in [-0.2, 0) is 46.1 Å². The molecule has 0 spiro atoms. The number of fused-ring (bicyclic) bond motifs is 1. The van der Waals surface area contributed by atoms with Crippen molar-refractivity contribution in [3.8, 4) is 11.5 Å². The Kier molecular flexibility index (Phi) is 13.2. The van der Waals surface area contributed by atoms with Gasteiger partial charge in [0.05, 0.1) is 18.4 Å². The molecule has 1 saturated heterocycles. The van der Waals surface area contributed by atoms with Gasteiger partial charge in [0.1, 0.15) is 6.10 Å². The molecule has 1 fully saturated rings. The third-order valence-corrected chi connectivity index (χ3v) is 8.59. The molecule has 3 aromatic carbocycles. The number of methoxy groups -OCH3 is 1. The third-order valence-electron chi connectivity index (χ3n) is 8.59. The fraction of sp³-hybridized carbons (Fsp3) is 0.359. The maximum absolute atomic E-state index is 14.0. The number of aliphatic hydroxyl groups excluding tert-OH is 1. The molecule has 0 aromatic heterocycles. The summed E-state index contributed by atoms with van der Waals surface area (Å²) in [6.07, 6.45) is -3.32. The van der Waals surface area contributed by atoms with Gasteiger partial charge < -0.3 is 38.3 Å². The average Bonchev–Trinajstić information content (AvgIpc) is 3.61. The van der Waals surface area contributed by atoms with Crippen LogP contribution in [0.4, 0.5) is 10.5 Å². The van der Waals surface area contributed by atoms with Gasteiger partial charge in [-0.1, -0.05) is 72.8 Å². The summed E-state index contributed by atoms with van der Waals surface area (Å²) >= 11 is 0. The van der Waals surface area contributed by atoms with Crippen LogP contribution in [0.1, 0.15) is 24.0 Å². The summed E-state index contributed by atoms with van der Waals surface area (Å²) in [7, 11) is 1.33. The Labute approximate surface area is 296 Å². The molecule has 3 aromatic rings. The topological polar surface area (TPSA) is 148 Å². The Morgan fingerprint density at radius 1 is 0.804 bits per heavy atom. The molecule has 2 aliphatic rings. The summed E-state index contributed by atoms with van der Waals surface area (Å²) in [5.74, 6) is -1.69. The van der Waals surface area contributed by atoms with E-state index in [0.717, 1.165) is 11.1 Å². The molecule has 2 N–H and O–H groups in total. The molecule has 270 valence electrons. The van der Waals surface area contributed by atoms with Crippen molar-refractivity contribution in [3.05, 3.63) is 115 Å². The fourth-order valence-corrected chi connectivity index (χ4v) is 6.05. The highest BCUT2D eigenvalue weighted by Gasteiger charge is 2.53. The number of aliphatic hydroxyl groups is 1. The molecule has 12 heteroatoms. The van der Waals surface area contributed by atoms with E-state index in [0.29, 0.717) is 36.4 Å². The first-order chi connectivity index (χ1) is 24.8. The first-order valence-corrected chi connectivity index (χ1v) is 16.7. The van der Waals surface area contributed by atoms with Gasteiger partial charge in [0.25, 0.3) is 0 Å². The maximum Gasteiger partial charge on any atom is 0.412 e. The number of anilines is 1. The van der Waals surface area contributed by atoms with Crippen LogP contribution in [0.15, 0.2) is 104 Å². The minimum atomic E-state index is -1.45. The number of ether oxygens (including phenoxy) is 7. The molecular weight excluding hydrogens is 658 g/mol. The summed E-state index contributed by atoms with van der Waals surface area (Å²) in [4.78, 5) is 41.2. The van der Waals surface area contributed by atoms with E-state index in [-0.39, 0.29) is 13.2 Å². The number of nitrogens with one attached hydrogen (secondary N) is 1. The van der Waals surface area contributed by atoms with Crippen LogP contribution in [0.3, 0.4) is 0 Å². The summed E-state index contributed by atoms with van der Waals surface area (Å²) in [5, 5.41) is 13.0. The number of amides is 1. The maximum atomic E-state index is 14.0. The summed E-state index contributed by atoms with van der Waals surface area (Å²) in [5.41, 5.74) is 2.13. The van der Waals surface area contributed by atoms with Gasteiger partial charge >= 0.3 is 18.0 Å². The van der Waals surface area contributed by atoms with Gasteiger partial charge in [-0.2, -0.15) is 0 Å². The number of rotatable bonds is 16. The lowest BCUT2D eigenvalue weighted by atomic mass is 9.94. The SMILES string of the molecule is C=CC[C@@H](Cc1ccccc1)C(=O)O[C@@H]1[C@@H](OC(=O)[C@@H](CC=C)Cc2ccccc2)[C@@H](OC)O[C@H](CO)[C@H]1OC(=O)Nc1ccc2c(c1)OCO2. The highest BCUT2D eigenvalue weighted by atomic mass is 16.7. The Balaban J connectivity index is 1.44. The first kappa shape index (κ1) is 37.1. The van der Waals surface area contributed by atoms with Crippen LogP contribution >= 0.6 is 0 Å². The first-order valence-electron chi connectivity index (χ1n) is 16.7. The normalized spacial score (nSPS) is 21.8.